The Morgan fingerprint density at radius 2 is 1.66 bits per heavy atom. The molecule has 32 heavy (non-hydrogen) atoms. The summed E-state index contributed by atoms with van der Waals surface area (Å²) in [7, 11) is 0. The summed E-state index contributed by atoms with van der Waals surface area (Å²) in [6.45, 7) is 4.87. The Morgan fingerprint density at radius 1 is 0.938 bits per heavy atom. The SMILES string of the molecule is Cc1ccc(Cn2cc(C=C3SC(=S)N(c4ccccc4C)C3=O)c3ccccc32)cc1. The van der Waals surface area contributed by atoms with Crippen LogP contribution in [0.15, 0.2) is 83.9 Å². The number of benzene rings is 3. The fourth-order valence-corrected chi connectivity index (χ4v) is 5.32. The molecule has 0 radical (unpaired) electrons. The molecule has 1 aliphatic rings. The van der Waals surface area contributed by atoms with Gasteiger partial charge in [-0.25, -0.2) is 0 Å². The first kappa shape index (κ1) is 20.7. The highest BCUT2D eigenvalue weighted by molar-refractivity contribution is 8.27. The van der Waals surface area contributed by atoms with Crippen LogP contribution >= 0.6 is 24.0 Å². The summed E-state index contributed by atoms with van der Waals surface area (Å²) in [5.74, 6) is -0.0651. The van der Waals surface area contributed by atoms with Crippen LogP contribution in [0.25, 0.3) is 17.0 Å². The third kappa shape index (κ3) is 3.78. The molecule has 0 bridgehead atoms. The second kappa shape index (κ2) is 8.41. The van der Waals surface area contributed by atoms with Crippen molar-refractivity contribution in [3.63, 3.8) is 0 Å². The van der Waals surface area contributed by atoms with Crippen molar-refractivity contribution in [3.05, 3.63) is 106 Å². The lowest BCUT2D eigenvalue weighted by atomic mass is 10.1. The second-order valence-electron chi connectivity index (χ2n) is 8.02. The Hall–Kier alpha value is -3.15. The number of anilines is 1. The number of hydrogen-bond donors (Lipinski definition) is 0. The number of nitrogens with zero attached hydrogens (tertiary/aromatic N) is 2. The van der Waals surface area contributed by atoms with Crippen LogP contribution in [-0.4, -0.2) is 14.8 Å². The van der Waals surface area contributed by atoms with Crippen molar-refractivity contribution >= 4 is 56.9 Å². The number of rotatable bonds is 4. The number of thioether (sulfide) groups is 1. The molecule has 5 heteroatoms. The smallest absolute Gasteiger partial charge is 0.270 e. The molecule has 0 aliphatic carbocycles. The minimum atomic E-state index is -0.0651. The Morgan fingerprint density at radius 3 is 2.44 bits per heavy atom. The van der Waals surface area contributed by atoms with Crippen LogP contribution in [0.2, 0.25) is 0 Å². The van der Waals surface area contributed by atoms with Gasteiger partial charge in [-0.05, 0) is 43.2 Å². The van der Waals surface area contributed by atoms with Gasteiger partial charge in [-0.2, -0.15) is 0 Å². The molecular weight excluding hydrogens is 432 g/mol. The molecule has 0 N–H and O–H groups in total. The summed E-state index contributed by atoms with van der Waals surface area (Å²) in [6, 6.07) is 24.8. The highest BCUT2D eigenvalue weighted by Crippen LogP contribution is 2.38. The van der Waals surface area contributed by atoms with Gasteiger partial charge in [0.15, 0.2) is 4.32 Å². The van der Waals surface area contributed by atoms with Crippen LogP contribution in [-0.2, 0) is 11.3 Å². The van der Waals surface area contributed by atoms with Gasteiger partial charge < -0.3 is 4.57 Å². The Balaban J connectivity index is 1.53. The minimum Gasteiger partial charge on any atom is -0.342 e. The summed E-state index contributed by atoms with van der Waals surface area (Å²) < 4.78 is 2.81. The van der Waals surface area contributed by atoms with Gasteiger partial charge in [0.2, 0.25) is 0 Å². The number of para-hydroxylation sites is 2. The maximum absolute atomic E-state index is 13.3. The molecule has 3 nitrogen and oxygen atoms in total. The molecule has 1 aromatic heterocycles. The molecule has 0 spiro atoms. The summed E-state index contributed by atoms with van der Waals surface area (Å²) in [4.78, 5) is 15.6. The second-order valence-corrected chi connectivity index (χ2v) is 9.69. The normalized spacial score (nSPS) is 15.3. The molecule has 1 amide bonds. The first-order chi connectivity index (χ1) is 15.5. The van der Waals surface area contributed by atoms with Crippen molar-refractivity contribution in [2.24, 2.45) is 0 Å². The van der Waals surface area contributed by atoms with Crippen molar-refractivity contribution in [1.29, 1.82) is 0 Å². The highest BCUT2D eigenvalue weighted by atomic mass is 32.2. The van der Waals surface area contributed by atoms with E-state index in [9.17, 15) is 4.79 Å². The first-order valence-corrected chi connectivity index (χ1v) is 11.7. The predicted octanol–water partition coefficient (Wildman–Crippen LogP) is 6.71. The summed E-state index contributed by atoms with van der Waals surface area (Å²) in [6.07, 6.45) is 4.11. The lowest BCUT2D eigenvalue weighted by Gasteiger charge is -2.16. The number of carbonyl (C=O) groups excluding carboxylic acids is 1. The number of aromatic nitrogens is 1. The van der Waals surface area contributed by atoms with Crippen LogP contribution in [0.5, 0.6) is 0 Å². The van der Waals surface area contributed by atoms with E-state index < -0.39 is 0 Å². The van der Waals surface area contributed by atoms with Gasteiger partial charge >= 0.3 is 0 Å². The Kier molecular flexibility index (Phi) is 5.45. The third-order valence-electron chi connectivity index (χ3n) is 5.73. The lowest BCUT2D eigenvalue weighted by Crippen LogP contribution is -2.28. The van der Waals surface area contributed by atoms with Crippen molar-refractivity contribution in [2.45, 2.75) is 20.4 Å². The Labute approximate surface area is 197 Å². The molecule has 158 valence electrons. The molecule has 4 aromatic rings. The lowest BCUT2D eigenvalue weighted by molar-refractivity contribution is -0.113. The number of carbonyl (C=O) groups is 1. The van der Waals surface area contributed by atoms with E-state index >= 15 is 0 Å². The van der Waals surface area contributed by atoms with Crippen LogP contribution < -0.4 is 4.90 Å². The highest BCUT2D eigenvalue weighted by Gasteiger charge is 2.34. The van der Waals surface area contributed by atoms with E-state index in [-0.39, 0.29) is 5.91 Å². The number of amides is 1. The summed E-state index contributed by atoms with van der Waals surface area (Å²) in [5.41, 5.74) is 6.54. The van der Waals surface area contributed by atoms with Gasteiger partial charge in [0.1, 0.15) is 0 Å². The van der Waals surface area contributed by atoms with Gasteiger partial charge in [0, 0.05) is 29.2 Å². The largest absolute Gasteiger partial charge is 0.342 e. The van der Waals surface area contributed by atoms with E-state index in [1.165, 1.54) is 22.9 Å². The van der Waals surface area contributed by atoms with Gasteiger partial charge in [0.25, 0.3) is 5.91 Å². The molecule has 0 atom stereocenters. The van der Waals surface area contributed by atoms with Gasteiger partial charge in [0.05, 0.1) is 10.6 Å². The third-order valence-corrected chi connectivity index (χ3v) is 7.03. The van der Waals surface area contributed by atoms with Crippen molar-refractivity contribution in [1.82, 2.24) is 4.57 Å². The minimum absolute atomic E-state index is 0.0651. The van der Waals surface area contributed by atoms with Crippen molar-refractivity contribution in [3.8, 4) is 0 Å². The van der Waals surface area contributed by atoms with Gasteiger partial charge in [-0.15, -0.1) is 0 Å². The molecular formula is C27H22N2OS2. The quantitative estimate of drug-likeness (QED) is 0.253. The fourth-order valence-electron chi connectivity index (χ4n) is 4.04. The molecule has 2 heterocycles. The van der Waals surface area contributed by atoms with E-state index in [2.05, 4.69) is 60.2 Å². The topological polar surface area (TPSA) is 25.2 Å². The standard InChI is InChI=1S/C27H22N2OS2/c1-18-11-13-20(14-12-18)16-28-17-21(22-8-4-6-10-24(22)28)15-25-26(30)29(27(31)32-25)23-9-5-3-7-19(23)2/h3-15,17H,16H2,1-2H3. The monoisotopic (exact) mass is 454 g/mol. The van der Waals surface area contributed by atoms with Crippen LogP contribution in [0.3, 0.4) is 0 Å². The maximum atomic E-state index is 13.3. The average Bonchev–Trinajstić information content (AvgIpc) is 3.27. The van der Waals surface area contributed by atoms with Crippen LogP contribution in [0.4, 0.5) is 5.69 Å². The molecule has 3 aromatic carbocycles. The number of thiocarbonyl (C=S) groups is 1. The van der Waals surface area contributed by atoms with E-state index in [0.717, 1.165) is 34.3 Å². The van der Waals surface area contributed by atoms with Crippen LogP contribution in [0.1, 0.15) is 22.3 Å². The zero-order valence-electron chi connectivity index (χ0n) is 17.9. The van der Waals surface area contributed by atoms with Gasteiger partial charge in [-0.1, -0.05) is 90.2 Å². The number of fused-ring (bicyclic) bond motifs is 1. The zero-order valence-corrected chi connectivity index (χ0v) is 19.5. The Bertz CT molecular complexity index is 1380. The molecule has 1 saturated heterocycles. The first-order valence-electron chi connectivity index (χ1n) is 10.5. The van der Waals surface area contributed by atoms with E-state index in [1.807, 2.05) is 43.3 Å². The molecule has 1 fully saturated rings. The molecule has 5 rings (SSSR count). The average molecular weight is 455 g/mol. The number of aryl methyl sites for hydroxylation is 2. The van der Waals surface area contributed by atoms with Crippen molar-refractivity contribution < 1.29 is 4.79 Å². The van der Waals surface area contributed by atoms with E-state index in [4.69, 9.17) is 12.2 Å². The number of hydrogen-bond acceptors (Lipinski definition) is 3. The maximum Gasteiger partial charge on any atom is 0.270 e. The van der Waals surface area contributed by atoms with E-state index in [1.54, 1.807) is 4.90 Å². The van der Waals surface area contributed by atoms with E-state index in [0.29, 0.717) is 9.23 Å². The van der Waals surface area contributed by atoms with Crippen LogP contribution in [0, 0.1) is 13.8 Å². The zero-order chi connectivity index (χ0) is 22.2. The predicted molar refractivity (Wildman–Crippen MR) is 139 cm³/mol. The molecule has 0 unspecified atom stereocenters. The molecule has 0 saturated carbocycles. The fraction of sp³-hybridized carbons (Fsp3) is 0.111. The van der Waals surface area contributed by atoms with Gasteiger partial charge in [-0.3, -0.25) is 9.69 Å². The summed E-state index contributed by atoms with van der Waals surface area (Å²) >= 11 is 6.94. The summed E-state index contributed by atoms with van der Waals surface area (Å²) in [5, 5.41) is 1.13. The molecule has 1 aliphatic heterocycles. The van der Waals surface area contributed by atoms with Crippen molar-refractivity contribution in [2.75, 3.05) is 4.90 Å².